The van der Waals surface area contributed by atoms with Crippen LogP contribution in [0, 0.1) is 25.2 Å². The van der Waals surface area contributed by atoms with Gasteiger partial charge >= 0.3 is 5.97 Å². The molecule has 0 spiro atoms. The molecule has 2 aromatic rings. The molecule has 2 N–H and O–H groups in total. The van der Waals surface area contributed by atoms with E-state index < -0.39 is 5.97 Å². The summed E-state index contributed by atoms with van der Waals surface area (Å²) < 4.78 is 1.40. The molecule has 0 fully saturated rings. The fourth-order valence-corrected chi connectivity index (χ4v) is 1.66. The number of aromatic carboxylic acids is 1. The van der Waals surface area contributed by atoms with Gasteiger partial charge in [0.2, 0.25) is 0 Å². The molecular formula is C12H13N7O2. The minimum Gasteiger partial charge on any atom is -0.476 e. The normalized spacial score (nSPS) is 10.1. The predicted octanol–water partition coefficient (Wildman–Crippen LogP) is 0.367. The van der Waals surface area contributed by atoms with Crippen molar-refractivity contribution < 1.29 is 9.90 Å². The van der Waals surface area contributed by atoms with E-state index >= 15 is 0 Å². The predicted molar refractivity (Wildman–Crippen MR) is 71.7 cm³/mol. The molecular weight excluding hydrogens is 274 g/mol. The molecule has 0 saturated heterocycles. The van der Waals surface area contributed by atoms with Gasteiger partial charge in [0, 0.05) is 6.54 Å². The van der Waals surface area contributed by atoms with Crippen molar-refractivity contribution in [1.82, 2.24) is 25.2 Å². The highest BCUT2D eigenvalue weighted by Gasteiger charge is 2.11. The quantitative estimate of drug-likeness (QED) is 0.806. The van der Waals surface area contributed by atoms with Gasteiger partial charge in [-0.05, 0) is 19.4 Å². The van der Waals surface area contributed by atoms with Gasteiger partial charge in [-0.1, -0.05) is 5.21 Å². The van der Waals surface area contributed by atoms with Gasteiger partial charge in [-0.2, -0.15) is 10.4 Å². The first-order valence-electron chi connectivity index (χ1n) is 6.14. The number of nitrogens with zero attached hydrogens (tertiary/aromatic N) is 6. The maximum absolute atomic E-state index is 10.7. The van der Waals surface area contributed by atoms with Crippen LogP contribution in [0.2, 0.25) is 0 Å². The molecule has 0 atom stereocenters. The van der Waals surface area contributed by atoms with Crippen molar-refractivity contribution in [1.29, 1.82) is 5.26 Å². The lowest BCUT2D eigenvalue weighted by atomic mass is 10.1. The summed E-state index contributed by atoms with van der Waals surface area (Å²) in [6, 6.07) is 2.09. The molecule has 0 aliphatic heterocycles. The molecule has 0 amide bonds. The summed E-state index contributed by atoms with van der Waals surface area (Å²) in [6.07, 6.45) is 1.33. The Morgan fingerprint density at radius 3 is 2.81 bits per heavy atom. The number of aryl methyl sites for hydroxylation is 1. The molecule has 9 nitrogen and oxygen atoms in total. The summed E-state index contributed by atoms with van der Waals surface area (Å²) >= 11 is 0. The third-order valence-corrected chi connectivity index (χ3v) is 2.96. The summed E-state index contributed by atoms with van der Waals surface area (Å²) in [5.41, 5.74) is 1.83. The topological polar surface area (TPSA) is 130 Å². The molecule has 0 saturated carbocycles. The standard InChI is InChI=1S/C12H13N7O2/c1-7-8(2)15-17-11(9(7)5-13)14-3-4-19-6-10(12(20)21)16-18-19/h6H,3-4H2,1-2H3,(H,14,17)(H,20,21). The van der Waals surface area contributed by atoms with E-state index in [2.05, 4.69) is 31.9 Å². The number of carboxylic acid groups (broad SMARTS) is 1. The van der Waals surface area contributed by atoms with Crippen LogP contribution < -0.4 is 5.32 Å². The number of nitriles is 1. The Hall–Kier alpha value is -3.02. The average molecular weight is 287 g/mol. The zero-order valence-corrected chi connectivity index (χ0v) is 11.5. The van der Waals surface area contributed by atoms with Crippen LogP contribution in [-0.4, -0.2) is 42.8 Å². The van der Waals surface area contributed by atoms with Gasteiger partial charge in [-0.15, -0.1) is 10.2 Å². The Balaban J connectivity index is 2.02. The highest BCUT2D eigenvalue weighted by atomic mass is 16.4. The summed E-state index contributed by atoms with van der Waals surface area (Å²) in [6.45, 7) is 4.40. The van der Waals surface area contributed by atoms with Crippen molar-refractivity contribution >= 4 is 11.8 Å². The highest BCUT2D eigenvalue weighted by Crippen LogP contribution is 2.16. The first-order chi connectivity index (χ1) is 10.0. The highest BCUT2D eigenvalue weighted by molar-refractivity contribution is 5.84. The summed E-state index contributed by atoms with van der Waals surface area (Å²) in [7, 11) is 0. The van der Waals surface area contributed by atoms with E-state index in [0.717, 1.165) is 5.56 Å². The monoisotopic (exact) mass is 287 g/mol. The van der Waals surface area contributed by atoms with E-state index in [0.29, 0.717) is 30.2 Å². The molecule has 2 aromatic heterocycles. The molecule has 0 aliphatic rings. The van der Waals surface area contributed by atoms with Crippen molar-refractivity contribution in [2.24, 2.45) is 0 Å². The molecule has 9 heteroatoms. The molecule has 0 unspecified atom stereocenters. The number of carbonyl (C=O) groups is 1. The number of nitrogens with one attached hydrogen (secondary N) is 1. The molecule has 21 heavy (non-hydrogen) atoms. The fourth-order valence-electron chi connectivity index (χ4n) is 1.66. The molecule has 2 heterocycles. The van der Waals surface area contributed by atoms with Crippen LogP contribution in [0.1, 0.15) is 27.3 Å². The van der Waals surface area contributed by atoms with Gasteiger partial charge in [-0.3, -0.25) is 0 Å². The van der Waals surface area contributed by atoms with Crippen LogP contribution >= 0.6 is 0 Å². The fraction of sp³-hybridized carbons (Fsp3) is 0.333. The number of carboxylic acids is 1. The second kappa shape index (κ2) is 5.96. The van der Waals surface area contributed by atoms with E-state index in [4.69, 9.17) is 10.4 Å². The second-order valence-corrected chi connectivity index (χ2v) is 4.34. The Bertz CT molecular complexity index is 717. The van der Waals surface area contributed by atoms with Crippen LogP contribution in [0.5, 0.6) is 0 Å². The van der Waals surface area contributed by atoms with Gasteiger partial charge in [-0.25, -0.2) is 9.48 Å². The summed E-state index contributed by atoms with van der Waals surface area (Å²) in [5, 5.41) is 36.0. The van der Waals surface area contributed by atoms with Crippen LogP contribution in [0.25, 0.3) is 0 Å². The first kappa shape index (κ1) is 14.4. The summed E-state index contributed by atoms with van der Waals surface area (Å²) in [5.74, 6) is -0.722. The van der Waals surface area contributed by atoms with E-state index in [1.165, 1.54) is 10.9 Å². The van der Waals surface area contributed by atoms with E-state index in [-0.39, 0.29) is 5.69 Å². The van der Waals surface area contributed by atoms with Gasteiger partial charge in [0.25, 0.3) is 0 Å². The lowest BCUT2D eigenvalue weighted by Gasteiger charge is -2.09. The lowest BCUT2D eigenvalue weighted by molar-refractivity contribution is 0.0690. The number of rotatable bonds is 5. The minimum absolute atomic E-state index is 0.112. The largest absolute Gasteiger partial charge is 0.476 e. The zero-order valence-electron chi connectivity index (χ0n) is 11.5. The van der Waals surface area contributed by atoms with Crippen LogP contribution in [0.3, 0.4) is 0 Å². The van der Waals surface area contributed by atoms with Gasteiger partial charge in [0.1, 0.15) is 11.6 Å². The van der Waals surface area contributed by atoms with Crippen molar-refractivity contribution in [3.63, 3.8) is 0 Å². The molecule has 2 rings (SSSR count). The molecule has 0 aromatic carbocycles. The third kappa shape index (κ3) is 3.11. The number of anilines is 1. The van der Waals surface area contributed by atoms with Crippen molar-refractivity contribution in [2.75, 3.05) is 11.9 Å². The van der Waals surface area contributed by atoms with Crippen molar-refractivity contribution in [2.45, 2.75) is 20.4 Å². The molecule has 108 valence electrons. The van der Waals surface area contributed by atoms with Crippen molar-refractivity contribution in [3.8, 4) is 6.07 Å². The Labute approximate surface area is 120 Å². The molecule has 0 bridgehead atoms. The third-order valence-electron chi connectivity index (χ3n) is 2.96. The maximum atomic E-state index is 10.7. The molecule has 0 radical (unpaired) electrons. The minimum atomic E-state index is -1.12. The number of aromatic nitrogens is 5. The van der Waals surface area contributed by atoms with Gasteiger partial charge < -0.3 is 10.4 Å². The van der Waals surface area contributed by atoms with Crippen LogP contribution in [0.4, 0.5) is 5.82 Å². The van der Waals surface area contributed by atoms with Crippen molar-refractivity contribution in [3.05, 3.63) is 28.7 Å². The Morgan fingerprint density at radius 1 is 1.43 bits per heavy atom. The second-order valence-electron chi connectivity index (χ2n) is 4.34. The summed E-state index contributed by atoms with van der Waals surface area (Å²) in [4.78, 5) is 10.7. The smallest absolute Gasteiger partial charge is 0.358 e. The SMILES string of the molecule is Cc1nnc(NCCn2cc(C(=O)O)nn2)c(C#N)c1C. The molecule has 0 aliphatic carbocycles. The lowest BCUT2D eigenvalue weighted by Crippen LogP contribution is -2.14. The van der Waals surface area contributed by atoms with Gasteiger partial charge in [0.15, 0.2) is 11.5 Å². The number of hydrogen-bond acceptors (Lipinski definition) is 7. The average Bonchev–Trinajstić information content (AvgIpc) is 2.92. The Morgan fingerprint density at radius 2 is 2.19 bits per heavy atom. The van der Waals surface area contributed by atoms with Gasteiger partial charge in [0.05, 0.1) is 18.4 Å². The maximum Gasteiger partial charge on any atom is 0.358 e. The Kier molecular flexibility index (Phi) is 4.08. The van der Waals surface area contributed by atoms with E-state index in [1.807, 2.05) is 6.92 Å². The van der Waals surface area contributed by atoms with Crippen LogP contribution in [0.15, 0.2) is 6.20 Å². The zero-order chi connectivity index (χ0) is 15.4. The van der Waals surface area contributed by atoms with Crippen LogP contribution in [-0.2, 0) is 6.54 Å². The van der Waals surface area contributed by atoms with E-state index in [1.54, 1.807) is 6.92 Å². The number of hydrogen-bond donors (Lipinski definition) is 2. The van der Waals surface area contributed by atoms with E-state index in [9.17, 15) is 4.79 Å². The first-order valence-corrected chi connectivity index (χ1v) is 6.14.